The number of rotatable bonds is 1. The molecule has 0 heterocycles. The van der Waals surface area contributed by atoms with Gasteiger partial charge >= 0.3 is 0 Å². The van der Waals surface area contributed by atoms with Gasteiger partial charge in [0.25, 0.3) is 0 Å². The molecule has 0 spiro atoms. The van der Waals surface area contributed by atoms with Crippen molar-refractivity contribution >= 4 is 10.8 Å². The normalized spacial score (nSPS) is 18.7. The van der Waals surface area contributed by atoms with Crippen molar-refractivity contribution in [3.8, 4) is 0 Å². The molecule has 1 fully saturated rings. The molecule has 1 heteroatoms. The molecule has 1 saturated carbocycles. The minimum atomic E-state index is -0.538. The van der Waals surface area contributed by atoms with Gasteiger partial charge in [0.1, 0.15) is 0 Å². The van der Waals surface area contributed by atoms with Crippen LogP contribution in [-0.4, -0.2) is 5.11 Å². The lowest BCUT2D eigenvalue weighted by Crippen LogP contribution is -2.33. The van der Waals surface area contributed by atoms with Gasteiger partial charge in [-0.3, -0.25) is 0 Å². The zero-order chi connectivity index (χ0) is 10.3. The Bertz CT molecular complexity index is 497. The quantitative estimate of drug-likeness (QED) is 0.746. The first kappa shape index (κ1) is 8.93. The molecular weight excluding hydrogens is 184 g/mol. The zero-order valence-corrected chi connectivity index (χ0v) is 8.61. The molecule has 0 radical (unpaired) electrons. The fourth-order valence-electron chi connectivity index (χ4n) is 2.28. The lowest BCUT2D eigenvalue weighted by atomic mass is 9.75. The van der Waals surface area contributed by atoms with Crippen molar-refractivity contribution in [2.45, 2.75) is 24.9 Å². The number of aliphatic hydroxyl groups is 1. The average Bonchev–Trinajstić information content (AvgIpc) is 2.25. The van der Waals surface area contributed by atoms with Crippen LogP contribution in [0.1, 0.15) is 24.8 Å². The van der Waals surface area contributed by atoms with Crippen molar-refractivity contribution in [3.05, 3.63) is 48.0 Å². The first-order valence-electron chi connectivity index (χ1n) is 5.50. The van der Waals surface area contributed by atoms with E-state index in [2.05, 4.69) is 30.3 Å². The first-order chi connectivity index (χ1) is 7.28. The molecule has 1 N–H and O–H groups in total. The summed E-state index contributed by atoms with van der Waals surface area (Å²) >= 11 is 0. The summed E-state index contributed by atoms with van der Waals surface area (Å²) in [6.45, 7) is 0. The van der Waals surface area contributed by atoms with Crippen LogP contribution in [0.5, 0.6) is 0 Å². The third kappa shape index (κ3) is 1.35. The van der Waals surface area contributed by atoms with Crippen LogP contribution in [0, 0.1) is 0 Å². The number of hydrogen-bond donors (Lipinski definition) is 1. The van der Waals surface area contributed by atoms with Gasteiger partial charge in [0.05, 0.1) is 5.60 Å². The monoisotopic (exact) mass is 198 g/mol. The predicted molar refractivity (Wildman–Crippen MR) is 61.7 cm³/mol. The van der Waals surface area contributed by atoms with Crippen molar-refractivity contribution in [1.29, 1.82) is 0 Å². The zero-order valence-electron chi connectivity index (χ0n) is 8.61. The van der Waals surface area contributed by atoms with Gasteiger partial charge in [-0.25, -0.2) is 0 Å². The van der Waals surface area contributed by atoms with Gasteiger partial charge in [-0.1, -0.05) is 36.4 Å². The molecule has 0 aliphatic heterocycles. The van der Waals surface area contributed by atoms with Crippen LogP contribution in [0.15, 0.2) is 42.5 Å². The minimum absolute atomic E-state index is 0.538. The van der Waals surface area contributed by atoms with Crippen LogP contribution in [0.25, 0.3) is 10.8 Å². The topological polar surface area (TPSA) is 20.2 Å². The van der Waals surface area contributed by atoms with Crippen LogP contribution in [0.3, 0.4) is 0 Å². The lowest BCUT2D eigenvalue weighted by molar-refractivity contribution is -0.0386. The first-order valence-corrected chi connectivity index (χ1v) is 5.50. The van der Waals surface area contributed by atoms with Gasteiger partial charge in [0.2, 0.25) is 0 Å². The second-order valence-corrected chi connectivity index (χ2v) is 4.45. The summed E-state index contributed by atoms with van der Waals surface area (Å²) in [7, 11) is 0. The summed E-state index contributed by atoms with van der Waals surface area (Å²) in [5.41, 5.74) is 0.539. The second kappa shape index (κ2) is 3.07. The Morgan fingerprint density at radius 3 is 2.33 bits per heavy atom. The van der Waals surface area contributed by atoms with Gasteiger partial charge in [-0.2, -0.15) is 0 Å². The molecule has 3 rings (SSSR count). The summed E-state index contributed by atoms with van der Waals surface area (Å²) in [5, 5.41) is 12.7. The molecule has 1 aliphatic carbocycles. The highest BCUT2D eigenvalue weighted by molar-refractivity contribution is 5.83. The number of benzene rings is 2. The van der Waals surface area contributed by atoms with Crippen LogP contribution in [-0.2, 0) is 5.60 Å². The van der Waals surface area contributed by atoms with Gasteiger partial charge in [-0.05, 0) is 41.7 Å². The average molecular weight is 198 g/mol. The Hall–Kier alpha value is -1.34. The molecule has 0 saturated heterocycles. The Morgan fingerprint density at radius 2 is 1.67 bits per heavy atom. The highest BCUT2D eigenvalue weighted by atomic mass is 16.3. The number of fused-ring (bicyclic) bond motifs is 1. The molecule has 0 atom stereocenters. The van der Waals surface area contributed by atoms with Crippen molar-refractivity contribution in [1.82, 2.24) is 0 Å². The molecule has 0 bridgehead atoms. The van der Waals surface area contributed by atoms with Crippen LogP contribution in [0.2, 0.25) is 0 Å². The van der Waals surface area contributed by atoms with Crippen LogP contribution in [0.4, 0.5) is 0 Å². The largest absolute Gasteiger partial charge is 0.385 e. The Morgan fingerprint density at radius 1 is 0.933 bits per heavy atom. The highest BCUT2D eigenvalue weighted by Crippen LogP contribution is 2.41. The van der Waals surface area contributed by atoms with E-state index in [1.54, 1.807) is 0 Å². The maximum Gasteiger partial charge on any atom is 0.0896 e. The molecule has 1 aliphatic rings. The van der Waals surface area contributed by atoms with Crippen LogP contribution < -0.4 is 0 Å². The second-order valence-electron chi connectivity index (χ2n) is 4.45. The molecule has 1 nitrogen and oxygen atoms in total. The van der Waals surface area contributed by atoms with Crippen molar-refractivity contribution in [2.24, 2.45) is 0 Å². The van der Waals surface area contributed by atoms with Gasteiger partial charge in [0, 0.05) is 0 Å². The summed E-state index contributed by atoms with van der Waals surface area (Å²) in [5.74, 6) is 0. The fourth-order valence-corrected chi connectivity index (χ4v) is 2.28. The van der Waals surface area contributed by atoms with E-state index in [1.165, 1.54) is 10.8 Å². The minimum Gasteiger partial charge on any atom is -0.385 e. The maximum absolute atomic E-state index is 10.2. The summed E-state index contributed by atoms with van der Waals surface area (Å²) in [6, 6.07) is 14.6. The van der Waals surface area contributed by atoms with Crippen molar-refractivity contribution < 1.29 is 5.11 Å². The Labute approximate surface area is 89.4 Å². The SMILES string of the molecule is OC1(c2ccc3ccccc3c2)CCC1. The van der Waals surface area contributed by atoms with Gasteiger partial charge in [-0.15, -0.1) is 0 Å². The molecule has 0 amide bonds. The lowest BCUT2D eigenvalue weighted by Gasteiger charge is -2.37. The molecule has 2 aromatic rings. The molecule has 0 aromatic heterocycles. The van der Waals surface area contributed by atoms with E-state index >= 15 is 0 Å². The van der Waals surface area contributed by atoms with E-state index in [1.807, 2.05) is 12.1 Å². The third-order valence-corrected chi connectivity index (χ3v) is 3.47. The predicted octanol–water partition coefficient (Wildman–Crippen LogP) is 3.21. The van der Waals surface area contributed by atoms with E-state index in [0.717, 1.165) is 24.8 Å². The highest BCUT2D eigenvalue weighted by Gasteiger charge is 2.35. The number of hydrogen-bond acceptors (Lipinski definition) is 1. The summed E-state index contributed by atoms with van der Waals surface area (Å²) in [4.78, 5) is 0. The Balaban J connectivity index is 2.14. The van der Waals surface area contributed by atoms with E-state index in [0.29, 0.717) is 0 Å². The van der Waals surface area contributed by atoms with E-state index in [4.69, 9.17) is 0 Å². The molecule has 2 aromatic carbocycles. The smallest absolute Gasteiger partial charge is 0.0896 e. The third-order valence-electron chi connectivity index (χ3n) is 3.47. The van der Waals surface area contributed by atoms with E-state index in [9.17, 15) is 5.11 Å². The van der Waals surface area contributed by atoms with Crippen LogP contribution >= 0.6 is 0 Å². The molecule has 15 heavy (non-hydrogen) atoms. The fraction of sp³-hybridized carbons (Fsp3) is 0.286. The standard InChI is InChI=1S/C14H14O/c15-14(8-3-9-14)13-7-6-11-4-1-2-5-12(11)10-13/h1-2,4-7,10,15H,3,8-9H2. The van der Waals surface area contributed by atoms with E-state index in [-0.39, 0.29) is 0 Å². The Kier molecular flexibility index (Phi) is 1.83. The maximum atomic E-state index is 10.2. The molecule has 0 unspecified atom stereocenters. The van der Waals surface area contributed by atoms with Gasteiger partial charge in [0.15, 0.2) is 0 Å². The summed E-state index contributed by atoms with van der Waals surface area (Å²) < 4.78 is 0. The summed E-state index contributed by atoms with van der Waals surface area (Å²) in [6.07, 6.45) is 2.96. The van der Waals surface area contributed by atoms with Gasteiger partial charge < -0.3 is 5.11 Å². The van der Waals surface area contributed by atoms with Crippen molar-refractivity contribution in [3.63, 3.8) is 0 Å². The van der Waals surface area contributed by atoms with Crippen molar-refractivity contribution in [2.75, 3.05) is 0 Å². The molecule has 76 valence electrons. The molecular formula is C14H14O. The van der Waals surface area contributed by atoms with E-state index < -0.39 is 5.60 Å².